The Hall–Kier alpha value is -0.160. The summed E-state index contributed by atoms with van der Waals surface area (Å²) in [6, 6.07) is 1.52. The van der Waals surface area contributed by atoms with Crippen molar-refractivity contribution in [1.29, 1.82) is 0 Å². The van der Waals surface area contributed by atoms with Crippen LogP contribution >= 0.6 is 0 Å². The van der Waals surface area contributed by atoms with Gasteiger partial charge < -0.3 is 10.5 Å². The lowest BCUT2D eigenvalue weighted by Crippen LogP contribution is -2.67. The van der Waals surface area contributed by atoms with E-state index in [0.717, 1.165) is 38.9 Å². The highest BCUT2D eigenvalue weighted by Crippen LogP contribution is 2.42. The van der Waals surface area contributed by atoms with Crippen LogP contribution in [0.3, 0.4) is 0 Å². The highest BCUT2D eigenvalue weighted by molar-refractivity contribution is 5.10. The normalized spacial score (nSPS) is 40.7. The fraction of sp³-hybridized carbons (Fsp3) is 1.00. The van der Waals surface area contributed by atoms with Crippen LogP contribution < -0.4 is 5.73 Å². The predicted octanol–water partition coefficient (Wildman–Crippen LogP) is 1.05. The summed E-state index contributed by atoms with van der Waals surface area (Å²) in [5.41, 5.74) is 6.53. The van der Waals surface area contributed by atoms with Crippen molar-refractivity contribution in [2.24, 2.45) is 5.73 Å². The zero-order valence-corrected chi connectivity index (χ0v) is 12.7. The molecule has 0 aromatic carbocycles. The van der Waals surface area contributed by atoms with Gasteiger partial charge in [-0.2, -0.15) is 0 Å². The van der Waals surface area contributed by atoms with Gasteiger partial charge in [0.1, 0.15) is 0 Å². The number of hydrogen-bond acceptors (Lipinski definition) is 4. The maximum atomic E-state index is 6.26. The molecule has 0 aromatic heterocycles. The Morgan fingerprint density at radius 2 is 2.05 bits per heavy atom. The summed E-state index contributed by atoms with van der Waals surface area (Å²) < 4.78 is 5.68. The molecule has 2 heterocycles. The number of hydrogen-bond donors (Lipinski definition) is 1. The SMILES string of the molecule is CC1CC(CN)(N2CCOCC2(C)C)CN1C1CC1. The van der Waals surface area contributed by atoms with Gasteiger partial charge in [-0.05, 0) is 40.0 Å². The molecule has 1 aliphatic carbocycles. The van der Waals surface area contributed by atoms with Crippen LogP contribution in [0.2, 0.25) is 0 Å². The average Bonchev–Trinajstić information content (AvgIpc) is 3.14. The second kappa shape index (κ2) is 4.69. The van der Waals surface area contributed by atoms with Gasteiger partial charge in [0, 0.05) is 42.8 Å². The number of ether oxygens (including phenoxy) is 1. The van der Waals surface area contributed by atoms with Gasteiger partial charge in [0.15, 0.2) is 0 Å². The Morgan fingerprint density at radius 3 is 2.63 bits per heavy atom. The fourth-order valence-corrected chi connectivity index (χ4v) is 4.31. The molecule has 2 unspecified atom stereocenters. The minimum absolute atomic E-state index is 0.108. The van der Waals surface area contributed by atoms with Crippen molar-refractivity contribution >= 4 is 0 Å². The number of morpholine rings is 1. The van der Waals surface area contributed by atoms with Crippen molar-refractivity contribution in [3.05, 3.63) is 0 Å². The molecule has 2 aliphatic heterocycles. The predicted molar refractivity (Wildman–Crippen MR) is 77.2 cm³/mol. The highest BCUT2D eigenvalue weighted by Gasteiger charge is 2.53. The first kappa shape index (κ1) is 13.8. The third kappa shape index (κ3) is 2.33. The topological polar surface area (TPSA) is 41.7 Å². The third-order valence-electron chi connectivity index (χ3n) is 5.33. The van der Waals surface area contributed by atoms with E-state index in [2.05, 4.69) is 30.6 Å². The molecule has 4 nitrogen and oxygen atoms in total. The molecule has 0 aromatic rings. The van der Waals surface area contributed by atoms with Crippen LogP contribution in [0.15, 0.2) is 0 Å². The maximum absolute atomic E-state index is 6.26. The Labute approximate surface area is 117 Å². The molecule has 1 saturated carbocycles. The van der Waals surface area contributed by atoms with Crippen LogP contribution in [0.25, 0.3) is 0 Å². The van der Waals surface area contributed by atoms with Crippen LogP contribution in [0.4, 0.5) is 0 Å². The van der Waals surface area contributed by atoms with Crippen molar-refractivity contribution in [1.82, 2.24) is 9.80 Å². The van der Waals surface area contributed by atoms with Crippen molar-refractivity contribution in [2.45, 2.75) is 63.2 Å². The van der Waals surface area contributed by atoms with Gasteiger partial charge in [-0.1, -0.05) is 0 Å². The van der Waals surface area contributed by atoms with Gasteiger partial charge >= 0.3 is 0 Å². The summed E-state index contributed by atoms with van der Waals surface area (Å²) in [5.74, 6) is 0. The molecule has 3 rings (SSSR count). The molecule has 3 fully saturated rings. The Balaban J connectivity index is 1.82. The third-order valence-corrected chi connectivity index (χ3v) is 5.33. The molecule has 19 heavy (non-hydrogen) atoms. The van der Waals surface area contributed by atoms with Crippen LogP contribution in [-0.2, 0) is 4.74 Å². The van der Waals surface area contributed by atoms with Gasteiger partial charge in [0.2, 0.25) is 0 Å². The number of nitrogens with zero attached hydrogens (tertiary/aromatic N) is 2. The Kier molecular flexibility index (Phi) is 3.41. The minimum Gasteiger partial charge on any atom is -0.378 e. The van der Waals surface area contributed by atoms with Crippen LogP contribution in [0.1, 0.15) is 40.0 Å². The van der Waals surface area contributed by atoms with Gasteiger partial charge in [-0.3, -0.25) is 9.80 Å². The summed E-state index contributed by atoms with van der Waals surface area (Å²) >= 11 is 0. The van der Waals surface area contributed by atoms with Crippen molar-refractivity contribution < 1.29 is 4.74 Å². The average molecular weight is 267 g/mol. The van der Waals surface area contributed by atoms with E-state index in [-0.39, 0.29) is 11.1 Å². The second-order valence-corrected chi connectivity index (χ2v) is 7.40. The molecular formula is C15H29N3O. The zero-order chi connectivity index (χ0) is 13.7. The van der Waals surface area contributed by atoms with Crippen molar-refractivity contribution in [2.75, 3.05) is 32.8 Å². The lowest BCUT2D eigenvalue weighted by Gasteiger charge is -2.52. The zero-order valence-electron chi connectivity index (χ0n) is 12.7. The Bertz CT molecular complexity index is 342. The van der Waals surface area contributed by atoms with Crippen LogP contribution in [0.5, 0.6) is 0 Å². The summed E-state index contributed by atoms with van der Waals surface area (Å²) in [5, 5.41) is 0. The lowest BCUT2D eigenvalue weighted by molar-refractivity contribution is -0.101. The summed E-state index contributed by atoms with van der Waals surface area (Å²) in [4.78, 5) is 5.36. The van der Waals surface area contributed by atoms with E-state index >= 15 is 0 Å². The molecule has 0 bridgehead atoms. The molecule has 0 radical (unpaired) electrons. The highest BCUT2D eigenvalue weighted by atomic mass is 16.5. The van der Waals surface area contributed by atoms with Crippen LogP contribution in [-0.4, -0.2) is 65.8 Å². The van der Waals surface area contributed by atoms with Gasteiger partial charge in [-0.15, -0.1) is 0 Å². The first-order chi connectivity index (χ1) is 8.98. The van der Waals surface area contributed by atoms with E-state index in [9.17, 15) is 0 Å². The largest absolute Gasteiger partial charge is 0.378 e. The van der Waals surface area contributed by atoms with E-state index in [1.54, 1.807) is 0 Å². The molecule has 2 N–H and O–H groups in total. The lowest BCUT2D eigenvalue weighted by atomic mass is 9.87. The number of rotatable bonds is 3. The summed E-state index contributed by atoms with van der Waals surface area (Å²) in [7, 11) is 0. The smallest absolute Gasteiger partial charge is 0.0645 e. The molecule has 4 heteroatoms. The molecule has 0 spiro atoms. The van der Waals surface area contributed by atoms with Gasteiger partial charge in [-0.25, -0.2) is 0 Å². The molecular weight excluding hydrogens is 238 g/mol. The van der Waals surface area contributed by atoms with Crippen molar-refractivity contribution in [3.8, 4) is 0 Å². The number of nitrogens with two attached hydrogens (primary N) is 1. The fourth-order valence-electron chi connectivity index (χ4n) is 4.31. The first-order valence-corrected chi connectivity index (χ1v) is 7.80. The van der Waals surface area contributed by atoms with Crippen LogP contribution in [0, 0.1) is 0 Å². The van der Waals surface area contributed by atoms with Gasteiger partial charge in [0.25, 0.3) is 0 Å². The number of likely N-dealkylation sites (tertiary alicyclic amines) is 1. The summed E-state index contributed by atoms with van der Waals surface area (Å²) in [6.07, 6.45) is 3.98. The van der Waals surface area contributed by atoms with E-state index in [0.29, 0.717) is 6.04 Å². The van der Waals surface area contributed by atoms with Gasteiger partial charge in [0.05, 0.1) is 13.2 Å². The van der Waals surface area contributed by atoms with E-state index in [1.165, 1.54) is 19.3 Å². The quantitative estimate of drug-likeness (QED) is 0.830. The molecule has 0 amide bonds. The molecule has 2 atom stereocenters. The molecule has 3 aliphatic rings. The first-order valence-electron chi connectivity index (χ1n) is 7.80. The Morgan fingerprint density at radius 1 is 1.32 bits per heavy atom. The van der Waals surface area contributed by atoms with E-state index < -0.39 is 0 Å². The standard InChI is InChI=1S/C15H29N3O/c1-12-8-15(9-16,10-17(12)13-4-5-13)18-6-7-19-11-14(18,2)3/h12-13H,4-11,16H2,1-3H3. The summed E-state index contributed by atoms with van der Waals surface area (Å²) in [6.45, 7) is 11.6. The van der Waals surface area contributed by atoms with Crippen molar-refractivity contribution in [3.63, 3.8) is 0 Å². The van der Waals surface area contributed by atoms with E-state index in [1.807, 2.05) is 0 Å². The molecule has 110 valence electrons. The monoisotopic (exact) mass is 267 g/mol. The van der Waals surface area contributed by atoms with E-state index in [4.69, 9.17) is 10.5 Å². The molecule has 2 saturated heterocycles. The second-order valence-electron chi connectivity index (χ2n) is 7.40. The maximum Gasteiger partial charge on any atom is 0.0645 e. The minimum atomic E-state index is 0.108.